The van der Waals surface area contributed by atoms with Crippen LogP contribution in [0.4, 0.5) is 0 Å². The topological polar surface area (TPSA) is 73.2 Å². The summed E-state index contributed by atoms with van der Waals surface area (Å²) in [7, 11) is -1.66. The number of nitrogens with one attached hydrogen (secondary N) is 1. The Morgan fingerprint density at radius 1 is 1.26 bits per heavy atom. The highest BCUT2D eigenvalue weighted by molar-refractivity contribution is 7.89. The maximum absolute atomic E-state index is 12.3. The van der Waals surface area contributed by atoms with E-state index in [1.165, 1.54) is 0 Å². The van der Waals surface area contributed by atoms with Crippen LogP contribution in [0.2, 0.25) is 0 Å². The van der Waals surface area contributed by atoms with Gasteiger partial charge in [0.1, 0.15) is 5.75 Å². The Kier molecular flexibility index (Phi) is 5.43. The van der Waals surface area contributed by atoms with E-state index in [0.29, 0.717) is 25.3 Å². The molecule has 23 heavy (non-hydrogen) atoms. The summed E-state index contributed by atoms with van der Waals surface area (Å²) in [4.78, 5) is 0.246. The van der Waals surface area contributed by atoms with Crippen LogP contribution in [-0.4, -0.2) is 31.3 Å². The largest absolute Gasteiger partial charge is 0.494 e. The van der Waals surface area contributed by atoms with E-state index in [9.17, 15) is 8.42 Å². The molecule has 0 aliphatic heterocycles. The molecule has 2 rings (SSSR count). The lowest BCUT2D eigenvalue weighted by molar-refractivity contribution is 0.337. The summed E-state index contributed by atoms with van der Waals surface area (Å²) in [6.45, 7) is 6.55. The summed E-state index contributed by atoms with van der Waals surface area (Å²) < 4.78 is 34.5. The molecule has 0 amide bonds. The predicted molar refractivity (Wildman–Crippen MR) is 89.2 cm³/mol. The highest BCUT2D eigenvalue weighted by Gasteiger charge is 2.15. The van der Waals surface area contributed by atoms with Crippen LogP contribution in [0.3, 0.4) is 0 Å². The fourth-order valence-corrected chi connectivity index (χ4v) is 3.38. The lowest BCUT2D eigenvalue weighted by Crippen LogP contribution is -2.26. The number of hydrogen-bond acceptors (Lipinski definition) is 4. The quantitative estimate of drug-likeness (QED) is 0.838. The molecule has 1 heterocycles. The monoisotopic (exact) mass is 337 g/mol. The van der Waals surface area contributed by atoms with Gasteiger partial charge in [-0.05, 0) is 50.6 Å². The molecule has 0 saturated heterocycles. The Hall–Kier alpha value is -1.86. The van der Waals surface area contributed by atoms with Crippen LogP contribution in [0.25, 0.3) is 0 Å². The number of aryl methyl sites for hydroxylation is 3. The summed E-state index contributed by atoms with van der Waals surface area (Å²) in [5.74, 6) is 0.704. The van der Waals surface area contributed by atoms with Crippen LogP contribution in [0.1, 0.15) is 23.9 Å². The van der Waals surface area contributed by atoms with Crippen LogP contribution >= 0.6 is 0 Å². The van der Waals surface area contributed by atoms with Crippen molar-refractivity contribution in [2.75, 3.05) is 13.2 Å². The van der Waals surface area contributed by atoms with E-state index in [-0.39, 0.29) is 4.90 Å². The number of aromatic nitrogens is 2. The van der Waals surface area contributed by atoms with Gasteiger partial charge in [0.05, 0.1) is 17.2 Å². The van der Waals surface area contributed by atoms with Gasteiger partial charge in [-0.1, -0.05) is 0 Å². The minimum atomic E-state index is -3.53. The van der Waals surface area contributed by atoms with Gasteiger partial charge in [-0.2, -0.15) is 5.10 Å². The molecule has 1 aromatic heterocycles. The van der Waals surface area contributed by atoms with E-state index in [0.717, 1.165) is 17.0 Å². The summed E-state index contributed by atoms with van der Waals surface area (Å²) >= 11 is 0. The van der Waals surface area contributed by atoms with Crippen molar-refractivity contribution in [3.05, 3.63) is 41.2 Å². The molecule has 126 valence electrons. The lowest BCUT2D eigenvalue weighted by Gasteiger charge is -2.10. The molecule has 6 nitrogen and oxygen atoms in total. The van der Waals surface area contributed by atoms with E-state index in [2.05, 4.69) is 9.82 Å². The molecule has 1 N–H and O–H groups in total. The first kappa shape index (κ1) is 17.5. The molecule has 0 bridgehead atoms. The number of ether oxygens (including phenoxy) is 1. The van der Waals surface area contributed by atoms with Crippen LogP contribution in [0.5, 0.6) is 5.75 Å². The van der Waals surface area contributed by atoms with E-state index >= 15 is 0 Å². The molecule has 0 aliphatic carbocycles. The summed E-state index contributed by atoms with van der Waals surface area (Å²) in [6, 6.07) is 6.83. The Morgan fingerprint density at radius 2 is 2.00 bits per heavy atom. The van der Waals surface area contributed by atoms with E-state index in [1.54, 1.807) is 22.9 Å². The smallest absolute Gasteiger partial charge is 0.240 e. The fraction of sp³-hybridized carbons (Fsp3) is 0.438. The molecule has 2 aromatic rings. The summed E-state index contributed by atoms with van der Waals surface area (Å²) in [6.07, 6.45) is 0.553. The third-order valence-electron chi connectivity index (χ3n) is 3.59. The SMILES string of the molecule is CCOc1ccc(S(=O)(=O)NCCc2cc(C)n(C)n2)cc1C. The molecule has 0 aliphatic rings. The van der Waals surface area contributed by atoms with Crippen molar-refractivity contribution in [3.63, 3.8) is 0 Å². The van der Waals surface area contributed by atoms with Crippen LogP contribution in [0.15, 0.2) is 29.2 Å². The Balaban J connectivity index is 2.02. The number of hydrogen-bond donors (Lipinski definition) is 1. The standard InChI is InChI=1S/C16H23N3O3S/c1-5-22-16-7-6-15(10-12(16)2)23(20,21)17-9-8-14-11-13(3)19(4)18-14/h6-7,10-11,17H,5,8-9H2,1-4H3. The van der Waals surface area contributed by atoms with Gasteiger partial charge in [-0.15, -0.1) is 0 Å². The predicted octanol–water partition coefficient (Wildman–Crippen LogP) is 1.96. The summed E-state index contributed by atoms with van der Waals surface area (Å²) in [5, 5.41) is 4.31. The third kappa shape index (κ3) is 4.33. The first-order valence-electron chi connectivity index (χ1n) is 7.56. The molecule has 0 radical (unpaired) electrons. The molecular formula is C16H23N3O3S. The van der Waals surface area contributed by atoms with Crippen molar-refractivity contribution >= 4 is 10.0 Å². The molecule has 1 aromatic carbocycles. The van der Waals surface area contributed by atoms with Crippen LogP contribution in [-0.2, 0) is 23.5 Å². The van der Waals surface area contributed by atoms with Crippen LogP contribution in [0, 0.1) is 13.8 Å². The first-order valence-corrected chi connectivity index (χ1v) is 9.04. The highest BCUT2D eigenvalue weighted by Crippen LogP contribution is 2.21. The van der Waals surface area contributed by atoms with Gasteiger partial charge < -0.3 is 4.74 Å². The molecule has 0 fully saturated rings. The summed E-state index contributed by atoms with van der Waals surface area (Å²) in [5.41, 5.74) is 2.72. The van der Waals surface area contributed by atoms with Crippen molar-refractivity contribution in [2.24, 2.45) is 7.05 Å². The van der Waals surface area contributed by atoms with E-state index in [4.69, 9.17) is 4.74 Å². The van der Waals surface area contributed by atoms with Crippen molar-refractivity contribution in [3.8, 4) is 5.75 Å². The number of rotatable bonds is 7. The molecule has 7 heteroatoms. The second-order valence-corrected chi connectivity index (χ2v) is 7.18. The highest BCUT2D eigenvalue weighted by atomic mass is 32.2. The minimum Gasteiger partial charge on any atom is -0.494 e. The Labute approximate surface area is 137 Å². The van der Waals surface area contributed by atoms with E-state index in [1.807, 2.05) is 33.9 Å². The third-order valence-corrected chi connectivity index (χ3v) is 5.05. The molecular weight excluding hydrogens is 314 g/mol. The van der Waals surface area contributed by atoms with E-state index < -0.39 is 10.0 Å². The second kappa shape index (κ2) is 7.14. The first-order chi connectivity index (χ1) is 10.8. The fourth-order valence-electron chi connectivity index (χ4n) is 2.26. The maximum Gasteiger partial charge on any atom is 0.240 e. The van der Waals surface area contributed by atoms with Crippen molar-refractivity contribution in [1.82, 2.24) is 14.5 Å². The number of sulfonamides is 1. The van der Waals surface area contributed by atoms with Gasteiger partial charge >= 0.3 is 0 Å². The van der Waals surface area contributed by atoms with Gasteiger partial charge in [-0.3, -0.25) is 4.68 Å². The van der Waals surface area contributed by atoms with Gasteiger partial charge in [0.25, 0.3) is 0 Å². The Morgan fingerprint density at radius 3 is 2.57 bits per heavy atom. The molecule has 0 atom stereocenters. The minimum absolute atomic E-state index is 0.246. The maximum atomic E-state index is 12.3. The molecule has 0 spiro atoms. The number of nitrogens with zero attached hydrogens (tertiary/aromatic N) is 2. The van der Waals surface area contributed by atoms with Crippen molar-refractivity contribution < 1.29 is 13.2 Å². The molecule has 0 unspecified atom stereocenters. The number of benzene rings is 1. The zero-order valence-electron chi connectivity index (χ0n) is 14.0. The average Bonchev–Trinajstić information content (AvgIpc) is 2.79. The normalized spacial score (nSPS) is 11.7. The zero-order valence-corrected chi connectivity index (χ0v) is 14.8. The van der Waals surface area contributed by atoms with Gasteiger partial charge in [0, 0.05) is 25.7 Å². The zero-order chi connectivity index (χ0) is 17.0. The van der Waals surface area contributed by atoms with Crippen molar-refractivity contribution in [2.45, 2.75) is 32.1 Å². The van der Waals surface area contributed by atoms with Gasteiger partial charge in [0.2, 0.25) is 10.0 Å². The van der Waals surface area contributed by atoms with Gasteiger partial charge in [0.15, 0.2) is 0 Å². The second-order valence-electron chi connectivity index (χ2n) is 5.41. The van der Waals surface area contributed by atoms with Crippen LogP contribution < -0.4 is 9.46 Å². The average molecular weight is 337 g/mol. The van der Waals surface area contributed by atoms with Crippen molar-refractivity contribution in [1.29, 1.82) is 0 Å². The molecule has 0 saturated carbocycles. The van der Waals surface area contributed by atoms with Gasteiger partial charge in [-0.25, -0.2) is 13.1 Å². The Bertz CT molecular complexity index is 762. The lowest BCUT2D eigenvalue weighted by atomic mass is 10.2.